The zero-order valence-corrected chi connectivity index (χ0v) is 13.1. The van der Waals surface area contributed by atoms with E-state index in [0.717, 1.165) is 6.54 Å². The van der Waals surface area contributed by atoms with Gasteiger partial charge < -0.3 is 24.3 Å². The van der Waals surface area contributed by atoms with Gasteiger partial charge in [-0.25, -0.2) is 0 Å². The Bertz CT molecular complexity index is 395. The molecule has 0 bridgehead atoms. The first-order valence-electron chi connectivity index (χ1n) is 6.71. The van der Waals surface area contributed by atoms with Gasteiger partial charge in [0.05, 0.1) is 21.3 Å². The second-order valence-electron chi connectivity index (χ2n) is 4.85. The van der Waals surface area contributed by atoms with Crippen LogP contribution in [-0.2, 0) is 0 Å². The van der Waals surface area contributed by atoms with Crippen molar-refractivity contribution in [1.82, 2.24) is 5.32 Å². The lowest BCUT2D eigenvalue weighted by atomic mass is 10.2. The van der Waals surface area contributed by atoms with Crippen LogP contribution in [-0.4, -0.2) is 40.0 Å². The maximum atomic E-state index is 5.87. The summed E-state index contributed by atoms with van der Waals surface area (Å²) in [5.74, 6) is 2.43. The fourth-order valence-electron chi connectivity index (χ4n) is 1.80. The predicted molar refractivity (Wildman–Crippen MR) is 79.3 cm³/mol. The highest BCUT2D eigenvalue weighted by Gasteiger charge is 2.15. The molecule has 1 unspecified atom stereocenters. The third-order valence-electron chi connectivity index (χ3n) is 2.79. The first-order valence-corrected chi connectivity index (χ1v) is 6.71. The Morgan fingerprint density at radius 2 is 1.50 bits per heavy atom. The van der Waals surface area contributed by atoms with Gasteiger partial charge in [-0.1, -0.05) is 13.8 Å². The summed E-state index contributed by atoms with van der Waals surface area (Å²) in [6.07, 6.45) is 0.0419. The minimum atomic E-state index is 0.0419. The van der Waals surface area contributed by atoms with Crippen molar-refractivity contribution in [3.05, 3.63) is 12.1 Å². The largest absolute Gasteiger partial charge is 0.493 e. The van der Waals surface area contributed by atoms with Gasteiger partial charge in [-0.2, -0.15) is 0 Å². The summed E-state index contributed by atoms with van der Waals surface area (Å²) in [5.41, 5.74) is 0. The molecule has 0 radical (unpaired) electrons. The van der Waals surface area contributed by atoms with Crippen LogP contribution < -0.4 is 24.3 Å². The lowest BCUT2D eigenvalue weighted by Gasteiger charge is -2.19. The van der Waals surface area contributed by atoms with E-state index in [-0.39, 0.29) is 6.10 Å². The summed E-state index contributed by atoms with van der Waals surface area (Å²) in [6, 6.07) is 4.03. The van der Waals surface area contributed by atoms with Crippen molar-refractivity contribution in [2.45, 2.75) is 32.9 Å². The molecular formula is C15H25NO4. The molecule has 0 saturated heterocycles. The number of nitrogens with one attached hydrogen (secondary N) is 1. The SMILES string of the molecule is COc1cc(OC(C)CNC(C)C)cc(OC)c1OC. The van der Waals surface area contributed by atoms with Crippen LogP contribution in [0.3, 0.4) is 0 Å². The van der Waals surface area contributed by atoms with Gasteiger partial charge in [0.15, 0.2) is 11.5 Å². The molecule has 0 aliphatic carbocycles. The molecule has 1 aromatic carbocycles. The van der Waals surface area contributed by atoms with Crippen molar-refractivity contribution in [2.75, 3.05) is 27.9 Å². The van der Waals surface area contributed by atoms with E-state index in [4.69, 9.17) is 18.9 Å². The van der Waals surface area contributed by atoms with Crippen LogP contribution in [0.1, 0.15) is 20.8 Å². The zero-order chi connectivity index (χ0) is 15.1. The maximum Gasteiger partial charge on any atom is 0.203 e. The average molecular weight is 283 g/mol. The normalized spacial score (nSPS) is 12.2. The summed E-state index contributed by atoms with van der Waals surface area (Å²) < 4.78 is 21.7. The highest BCUT2D eigenvalue weighted by atomic mass is 16.5. The van der Waals surface area contributed by atoms with Crippen molar-refractivity contribution in [1.29, 1.82) is 0 Å². The van der Waals surface area contributed by atoms with Crippen LogP contribution in [0.15, 0.2) is 12.1 Å². The van der Waals surface area contributed by atoms with Crippen LogP contribution in [0, 0.1) is 0 Å². The van der Waals surface area contributed by atoms with Gasteiger partial charge in [0.1, 0.15) is 11.9 Å². The van der Waals surface area contributed by atoms with Gasteiger partial charge in [0, 0.05) is 24.7 Å². The van der Waals surface area contributed by atoms with Crippen LogP contribution in [0.2, 0.25) is 0 Å². The number of hydrogen-bond acceptors (Lipinski definition) is 5. The molecule has 0 aliphatic rings. The highest BCUT2D eigenvalue weighted by molar-refractivity contribution is 5.55. The van der Waals surface area contributed by atoms with Gasteiger partial charge in [-0.3, -0.25) is 0 Å². The molecular weight excluding hydrogens is 258 g/mol. The van der Waals surface area contributed by atoms with E-state index in [1.54, 1.807) is 33.5 Å². The molecule has 1 aromatic rings. The van der Waals surface area contributed by atoms with Gasteiger partial charge >= 0.3 is 0 Å². The summed E-state index contributed by atoms with van der Waals surface area (Å²) >= 11 is 0. The summed E-state index contributed by atoms with van der Waals surface area (Å²) in [7, 11) is 4.76. The molecule has 114 valence electrons. The lowest BCUT2D eigenvalue weighted by Crippen LogP contribution is -2.33. The van der Waals surface area contributed by atoms with Gasteiger partial charge in [0.2, 0.25) is 5.75 Å². The minimum Gasteiger partial charge on any atom is -0.493 e. The van der Waals surface area contributed by atoms with Crippen molar-refractivity contribution >= 4 is 0 Å². The maximum absolute atomic E-state index is 5.87. The molecule has 0 heterocycles. The van der Waals surface area contributed by atoms with E-state index in [1.807, 2.05) is 6.92 Å². The third-order valence-corrected chi connectivity index (χ3v) is 2.79. The number of methoxy groups -OCH3 is 3. The smallest absolute Gasteiger partial charge is 0.203 e. The lowest BCUT2D eigenvalue weighted by molar-refractivity contribution is 0.211. The first kappa shape index (κ1) is 16.4. The monoisotopic (exact) mass is 283 g/mol. The van der Waals surface area contributed by atoms with Crippen molar-refractivity contribution in [3.63, 3.8) is 0 Å². The molecule has 0 spiro atoms. The molecule has 20 heavy (non-hydrogen) atoms. The third kappa shape index (κ3) is 4.49. The van der Waals surface area contributed by atoms with Gasteiger partial charge in [-0.15, -0.1) is 0 Å². The molecule has 0 fully saturated rings. The molecule has 0 saturated carbocycles. The fraction of sp³-hybridized carbons (Fsp3) is 0.600. The second kappa shape index (κ2) is 7.85. The fourth-order valence-corrected chi connectivity index (χ4v) is 1.80. The van der Waals surface area contributed by atoms with E-state index in [1.165, 1.54) is 0 Å². The van der Waals surface area contributed by atoms with Crippen LogP contribution in [0.4, 0.5) is 0 Å². The molecule has 1 atom stereocenters. The Balaban J connectivity index is 2.85. The molecule has 1 N–H and O–H groups in total. The summed E-state index contributed by atoms with van der Waals surface area (Å²) in [4.78, 5) is 0. The average Bonchev–Trinajstić information content (AvgIpc) is 2.43. The van der Waals surface area contributed by atoms with Crippen LogP contribution in [0.5, 0.6) is 23.0 Å². The molecule has 5 nitrogen and oxygen atoms in total. The highest BCUT2D eigenvalue weighted by Crippen LogP contribution is 2.40. The van der Waals surface area contributed by atoms with Crippen LogP contribution in [0.25, 0.3) is 0 Å². The molecule has 0 amide bonds. The zero-order valence-electron chi connectivity index (χ0n) is 13.1. The number of hydrogen-bond donors (Lipinski definition) is 1. The van der Waals surface area contributed by atoms with Gasteiger partial charge in [0.25, 0.3) is 0 Å². The summed E-state index contributed by atoms with van der Waals surface area (Å²) in [6.45, 7) is 6.99. The Morgan fingerprint density at radius 1 is 0.950 bits per heavy atom. The quantitative estimate of drug-likeness (QED) is 0.794. The topological polar surface area (TPSA) is 49.0 Å². The molecule has 5 heteroatoms. The van der Waals surface area contributed by atoms with Crippen molar-refractivity contribution < 1.29 is 18.9 Å². The number of benzene rings is 1. The predicted octanol–water partition coefficient (Wildman–Crippen LogP) is 2.48. The summed E-state index contributed by atoms with van der Waals surface area (Å²) in [5, 5.41) is 3.33. The van der Waals surface area contributed by atoms with Crippen molar-refractivity contribution in [2.24, 2.45) is 0 Å². The molecule has 0 aliphatic heterocycles. The standard InChI is InChI=1S/C15H25NO4/c1-10(2)16-9-11(3)20-12-7-13(17-4)15(19-6)14(8-12)18-5/h7-8,10-11,16H,9H2,1-6H3. The molecule has 0 aromatic heterocycles. The van der Waals surface area contributed by atoms with Crippen molar-refractivity contribution in [3.8, 4) is 23.0 Å². The van der Waals surface area contributed by atoms with E-state index in [2.05, 4.69) is 19.2 Å². The van der Waals surface area contributed by atoms with E-state index < -0.39 is 0 Å². The van der Waals surface area contributed by atoms with E-state index in [0.29, 0.717) is 29.0 Å². The Morgan fingerprint density at radius 3 is 1.90 bits per heavy atom. The van der Waals surface area contributed by atoms with E-state index in [9.17, 15) is 0 Å². The van der Waals surface area contributed by atoms with E-state index >= 15 is 0 Å². The second-order valence-corrected chi connectivity index (χ2v) is 4.85. The number of ether oxygens (including phenoxy) is 4. The Kier molecular flexibility index (Phi) is 6.45. The minimum absolute atomic E-state index is 0.0419. The molecule has 1 rings (SSSR count). The number of rotatable bonds is 8. The first-order chi connectivity index (χ1) is 9.51. The Hall–Kier alpha value is -1.62. The van der Waals surface area contributed by atoms with Crippen LogP contribution >= 0.6 is 0 Å². The Labute approximate surface area is 121 Å². The van der Waals surface area contributed by atoms with Gasteiger partial charge in [-0.05, 0) is 6.92 Å².